The lowest BCUT2D eigenvalue weighted by Gasteiger charge is -2.32. The van der Waals surface area contributed by atoms with Gasteiger partial charge in [0, 0.05) is 77.0 Å². The van der Waals surface area contributed by atoms with Gasteiger partial charge >= 0.3 is 0 Å². The van der Waals surface area contributed by atoms with E-state index in [9.17, 15) is 19.2 Å². The number of ether oxygens (including phenoxy) is 16. The molecule has 0 bridgehead atoms. The molecule has 8 aliphatic rings. The molecule has 145 heavy (non-hydrogen) atoms. The Morgan fingerprint density at radius 1 is 0.297 bits per heavy atom. The summed E-state index contributed by atoms with van der Waals surface area (Å²) in [4.78, 5) is 67.8. The van der Waals surface area contributed by atoms with Crippen LogP contribution in [0.25, 0.3) is 68.9 Å². The Kier molecular flexibility index (Phi) is 40.7. The molecule has 0 aromatic heterocycles. The van der Waals surface area contributed by atoms with E-state index in [2.05, 4.69) is 143 Å². The quantitative estimate of drug-likeness (QED) is 0.0424. The number of allylic oxidation sites excluding steroid dienone is 8. The number of amides is 4. The van der Waals surface area contributed by atoms with Crippen molar-refractivity contribution in [1.29, 1.82) is 0 Å². The lowest BCUT2D eigenvalue weighted by molar-refractivity contribution is -0.132. The van der Waals surface area contributed by atoms with Crippen LogP contribution < -0.4 is 81.1 Å². The van der Waals surface area contributed by atoms with Crippen molar-refractivity contribution in [3.63, 3.8) is 0 Å². The molecule has 4 aliphatic heterocycles. The molecular formula is C114H143Cl3N8O20. The molecule has 4 saturated heterocycles. The zero-order valence-corrected chi connectivity index (χ0v) is 91.1. The zero-order chi connectivity index (χ0) is 102. The third-order valence-electron chi connectivity index (χ3n) is 28.2. The average molecular weight is 2050 g/mol. The Morgan fingerprint density at radius 3 is 0.772 bits per heavy atom. The number of fused-ring (bicyclic) bond motifs is 4. The minimum Gasteiger partial charge on any atom is -0.497 e. The van der Waals surface area contributed by atoms with Gasteiger partial charge in [0.25, 0.3) is 0 Å². The van der Waals surface area contributed by atoms with E-state index in [4.69, 9.17) is 75.8 Å². The summed E-state index contributed by atoms with van der Waals surface area (Å²) in [6, 6.07) is 40.6. The van der Waals surface area contributed by atoms with Crippen molar-refractivity contribution in [3.05, 3.63) is 210 Å². The topological polar surface area (TPSA) is 251 Å². The fourth-order valence-corrected chi connectivity index (χ4v) is 20.0. The molecule has 8 aromatic carbocycles. The van der Waals surface area contributed by atoms with Crippen LogP contribution in [0.15, 0.2) is 144 Å². The second kappa shape index (κ2) is 51.7. The number of nitrogens with zero attached hydrogens (tertiary/aromatic N) is 7. The Labute approximate surface area is 873 Å². The fourth-order valence-electron chi connectivity index (χ4n) is 20.0. The fraction of sp³-hybridized carbons (Fsp3) is 0.404. The summed E-state index contributed by atoms with van der Waals surface area (Å²) in [5.74, 6) is 10.6. The number of nitrogens with one attached hydrogen (secondary N) is 1. The number of hydrogen-bond donors (Lipinski definition) is 1. The Morgan fingerprint density at radius 2 is 0.552 bits per heavy atom. The molecule has 4 fully saturated rings. The second-order valence-electron chi connectivity index (χ2n) is 36.8. The molecule has 8 aromatic rings. The summed E-state index contributed by atoms with van der Waals surface area (Å²) in [6.45, 7) is 16.7. The third kappa shape index (κ3) is 25.6. The van der Waals surface area contributed by atoms with Gasteiger partial charge in [0.05, 0.1) is 139 Å². The monoisotopic (exact) mass is 2050 g/mol. The summed E-state index contributed by atoms with van der Waals surface area (Å²) in [6.07, 6.45) is 12.8. The number of methoxy groups -OCH3 is 16. The summed E-state index contributed by atoms with van der Waals surface area (Å²) in [7, 11) is 38.4. The number of likely N-dealkylation sites (tertiary alicyclic amines) is 3. The molecule has 1 N–H and O–H groups in total. The molecule has 28 nitrogen and oxygen atoms in total. The first-order valence-corrected chi connectivity index (χ1v) is 47.8. The third-order valence-corrected chi connectivity index (χ3v) is 28.2. The lowest BCUT2D eigenvalue weighted by atomic mass is 10.00. The first-order chi connectivity index (χ1) is 68.4. The van der Waals surface area contributed by atoms with Crippen molar-refractivity contribution in [3.8, 4) is 92.0 Å². The van der Waals surface area contributed by atoms with E-state index in [1.54, 1.807) is 114 Å². The molecule has 780 valence electrons. The average Bonchev–Trinajstić information content (AvgIpc) is 1.63. The van der Waals surface area contributed by atoms with Crippen LogP contribution >= 0.6 is 37.2 Å². The standard InChI is InChI=1S/2C29H36N2O5.2C28H34N2O5.3ClH/c2*1-18-23(12-19-13-26(34-5)29(36-7)27(14-19)35-6)22-9-8-21(33-4)15-25(22)24(18)16-28(32)31-11-10-20(17-31)30(2)3;1-18-22(13-19-14-25(33-4)28(35-6)26(15-19)34-5)21-8-7-20(32-3)16-24(21)23(18)17-27(31)30-11-9-29(2)10-12-30;1-17-22(11-18-12-25(33-4)28(35-6)26(13-18)34-5)21-8-7-20(32-3)14-24(21)23(17)15-27(31)29-19-9-10-30(2)16-19;;;/h2*8-9,12-15,20H,10-11,16-17H2,1-7H3;7-8,13-16H,9-12,17H2,1-6H3;7-8,11-14,19H,9-10,15-16H2,1-6H3,(H,29,31);3*1H/b2*23-12-;22-13-;22-11-;;;/t2*20-;;19-;;;/m10.0.../s1. The van der Waals surface area contributed by atoms with Crippen molar-refractivity contribution in [2.45, 2.75) is 90.8 Å². The van der Waals surface area contributed by atoms with Gasteiger partial charge in [-0.2, -0.15) is 0 Å². The Balaban J connectivity index is 0.000000197. The molecule has 0 spiro atoms. The minimum atomic E-state index is 0. The van der Waals surface area contributed by atoms with Crippen molar-refractivity contribution in [1.82, 2.24) is 39.6 Å². The highest BCUT2D eigenvalue weighted by molar-refractivity contribution is 6.13. The van der Waals surface area contributed by atoms with Crippen LogP contribution in [0.3, 0.4) is 0 Å². The first kappa shape index (κ1) is 114. The van der Waals surface area contributed by atoms with E-state index in [1.165, 1.54) is 0 Å². The van der Waals surface area contributed by atoms with Crippen LogP contribution in [0.1, 0.15) is 139 Å². The van der Waals surface area contributed by atoms with E-state index in [-0.39, 0.29) is 66.9 Å². The molecule has 4 heterocycles. The maximum absolute atomic E-state index is 13.4. The summed E-state index contributed by atoms with van der Waals surface area (Å²) in [5.41, 5.74) is 24.9. The van der Waals surface area contributed by atoms with Crippen molar-refractivity contribution in [2.75, 3.05) is 221 Å². The predicted octanol–water partition coefficient (Wildman–Crippen LogP) is 18.9. The second-order valence-corrected chi connectivity index (χ2v) is 36.8. The van der Waals surface area contributed by atoms with E-state index in [0.717, 1.165) is 241 Å². The van der Waals surface area contributed by atoms with E-state index in [1.807, 2.05) is 112 Å². The van der Waals surface area contributed by atoms with Gasteiger partial charge in [0.15, 0.2) is 46.0 Å². The van der Waals surface area contributed by atoms with Crippen molar-refractivity contribution in [2.24, 2.45) is 0 Å². The van der Waals surface area contributed by atoms with Crippen LogP contribution in [0.4, 0.5) is 0 Å². The highest BCUT2D eigenvalue weighted by Gasteiger charge is 2.37. The van der Waals surface area contributed by atoms with Crippen LogP contribution in [0.2, 0.25) is 0 Å². The van der Waals surface area contributed by atoms with Crippen LogP contribution in [0, 0.1) is 0 Å². The first-order valence-electron chi connectivity index (χ1n) is 47.8. The molecular weight excluding hydrogens is 1910 g/mol. The number of carbonyl (C=O) groups is 4. The van der Waals surface area contributed by atoms with Gasteiger partial charge < -0.3 is 115 Å². The van der Waals surface area contributed by atoms with E-state index < -0.39 is 0 Å². The number of carbonyl (C=O) groups excluding carboxylic acids is 4. The van der Waals surface area contributed by atoms with Gasteiger partial charge in [-0.25, -0.2) is 0 Å². The number of hydrogen-bond acceptors (Lipinski definition) is 24. The molecule has 0 unspecified atom stereocenters. The van der Waals surface area contributed by atoms with Gasteiger partial charge in [0.1, 0.15) is 23.0 Å². The SMILES string of the molecule is COc1ccc2c(c1)C(CC(=O)N1CCN(C)CC1)=C(C)/C2=C/c1cc(OC)c(OC)c(OC)c1.COc1ccc2c(c1)C(CC(=O)N1CC[C@@H](N(C)C)C1)=C(C)/C2=C/c1cc(OC)c(OC)c(OC)c1.COc1ccc2c(c1)C(CC(=O)N1CC[C@H](N(C)C)C1)=C(C)/C2=C/c1cc(OC)c(OC)c(OC)c1.COc1ccc2c(c1)C(CC(=O)N[C@H]1CCN(C)C1)=C(C)/C2=C/c1cc(OC)c(OC)c(OC)c1.Cl.Cl.Cl. The van der Waals surface area contributed by atoms with Crippen molar-refractivity contribution >= 4 is 130 Å². The molecule has 16 rings (SSSR count). The molecule has 31 heteroatoms. The molecule has 0 radical (unpaired) electrons. The summed E-state index contributed by atoms with van der Waals surface area (Å²) >= 11 is 0. The number of benzene rings is 8. The molecule has 4 aliphatic carbocycles. The minimum absolute atomic E-state index is 0. The normalized spacial score (nSPS) is 17.6. The number of halogens is 3. The predicted molar refractivity (Wildman–Crippen MR) is 584 cm³/mol. The van der Waals surface area contributed by atoms with Crippen LogP contribution in [-0.2, 0) is 19.2 Å². The van der Waals surface area contributed by atoms with Gasteiger partial charge in [0.2, 0.25) is 46.6 Å². The van der Waals surface area contributed by atoms with Crippen LogP contribution in [-0.4, -0.2) is 298 Å². The highest BCUT2D eigenvalue weighted by atomic mass is 35.5. The lowest BCUT2D eigenvalue weighted by Crippen LogP contribution is -2.47. The summed E-state index contributed by atoms with van der Waals surface area (Å²) in [5, 5.41) is 3.21. The zero-order valence-electron chi connectivity index (χ0n) is 88.6. The van der Waals surface area contributed by atoms with E-state index in [0.29, 0.717) is 107 Å². The van der Waals surface area contributed by atoms with Gasteiger partial charge in [-0.3, -0.25) is 19.2 Å². The molecule has 4 amide bonds. The number of piperazine rings is 1. The smallest absolute Gasteiger partial charge is 0.227 e. The van der Waals surface area contributed by atoms with Crippen molar-refractivity contribution < 1.29 is 95.0 Å². The van der Waals surface area contributed by atoms with E-state index >= 15 is 0 Å². The molecule has 0 saturated carbocycles. The molecule has 3 atom stereocenters. The number of likely N-dealkylation sites (N-methyl/N-ethyl adjacent to an activating group) is 4. The van der Waals surface area contributed by atoms with Gasteiger partial charge in [-0.15, -0.1) is 37.2 Å². The Bertz CT molecular complexity index is 6020. The maximum Gasteiger partial charge on any atom is 0.227 e. The van der Waals surface area contributed by atoms with Gasteiger partial charge in [-0.05, 0) is 351 Å². The largest absolute Gasteiger partial charge is 0.497 e. The number of rotatable bonds is 31. The highest BCUT2D eigenvalue weighted by Crippen LogP contribution is 2.53. The Hall–Kier alpha value is -12.9. The van der Waals surface area contributed by atoms with Gasteiger partial charge in [-0.1, -0.05) is 24.3 Å². The maximum atomic E-state index is 13.4. The van der Waals surface area contributed by atoms with Crippen LogP contribution in [0.5, 0.6) is 92.0 Å². The summed E-state index contributed by atoms with van der Waals surface area (Å²) < 4.78 is 88.3.